The van der Waals surface area contributed by atoms with Crippen LogP contribution in [0, 0.1) is 0 Å². The van der Waals surface area contributed by atoms with Crippen molar-refractivity contribution >= 4 is 35.0 Å². The Balaban J connectivity index is 2.03. The van der Waals surface area contributed by atoms with Crippen molar-refractivity contribution in [2.45, 2.75) is 51.4 Å². The molecule has 1 aliphatic heterocycles. The van der Waals surface area contributed by atoms with Crippen molar-refractivity contribution in [2.24, 2.45) is 0 Å². The highest BCUT2D eigenvalue weighted by Crippen LogP contribution is 2.38. The van der Waals surface area contributed by atoms with Gasteiger partial charge in [0.15, 0.2) is 0 Å². The van der Waals surface area contributed by atoms with Crippen LogP contribution in [0.2, 0.25) is 0 Å². The van der Waals surface area contributed by atoms with Gasteiger partial charge in [0.05, 0.1) is 11.7 Å². The number of rotatable bonds is 6. The second-order valence-electron chi connectivity index (χ2n) is 6.05. The van der Waals surface area contributed by atoms with Gasteiger partial charge in [0, 0.05) is 16.3 Å². The maximum atomic E-state index is 12.7. The average molecular weight is 379 g/mol. The molecular formula is C17H22N4O2S2. The third kappa shape index (κ3) is 3.74. The molecule has 3 heterocycles. The molecule has 3 rings (SSSR count). The van der Waals surface area contributed by atoms with Crippen molar-refractivity contribution < 1.29 is 9.53 Å². The Morgan fingerprint density at radius 3 is 2.96 bits per heavy atom. The van der Waals surface area contributed by atoms with Crippen LogP contribution in [-0.4, -0.2) is 32.6 Å². The minimum absolute atomic E-state index is 0.176. The molecule has 0 bridgehead atoms. The van der Waals surface area contributed by atoms with Crippen LogP contribution in [0.3, 0.4) is 0 Å². The Kier molecular flexibility index (Phi) is 5.48. The van der Waals surface area contributed by atoms with Gasteiger partial charge < -0.3 is 10.1 Å². The highest BCUT2D eigenvalue weighted by molar-refractivity contribution is 7.99. The molecule has 0 aromatic carbocycles. The summed E-state index contributed by atoms with van der Waals surface area (Å²) in [6, 6.07) is 3.68. The molecule has 1 unspecified atom stereocenters. The zero-order valence-corrected chi connectivity index (χ0v) is 16.4. The highest BCUT2D eigenvalue weighted by Gasteiger charge is 2.36. The number of carbonyl (C=O) groups is 1. The maximum absolute atomic E-state index is 12.7. The first kappa shape index (κ1) is 18.0. The number of carbonyl (C=O) groups excluding carboxylic acids is 1. The molecule has 2 aromatic rings. The van der Waals surface area contributed by atoms with Crippen LogP contribution in [0.4, 0.5) is 5.95 Å². The van der Waals surface area contributed by atoms with E-state index in [1.54, 1.807) is 27.8 Å². The molecule has 0 saturated heterocycles. The van der Waals surface area contributed by atoms with Gasteiger partial charge in [-0.3, -0.25) is 0 Å². The lowest BCUT2D eigenvalue weighted by molar-refractivity contribution is -0.143. The summed E-state index contributed by atoms with van der Waals surface area (Å²) in [6.45, 7) is 7.71. The van der Waals surface area contributed by atoms with Crippen molar-refractivity contribution in [2.75, 3.05) is 11.1 Å². The van der Waals surface area contributed by atoms with Crippen LogP contribution in [0.5, 0.6) is 0 Å². The van der Waals surface area contributed by atoms with Crippen molar-refractivity contribution in [3.63, 3.8) is 0 Å². The molecule has 25 heavy (non-hydrogen) atoms. The van der Waals surface area contributed by atoms with E-state index in [0.717, 1.165) is 27.9 Å². The number of thiophene rings is 1. The summed E-state index contributed by atoms with van der Waals surface area (Å²) in [7, 11) is 0. The van der Waals surface area contributed by atoms with Crippen molar-refractivity contribution in [3.8, 4) is 0 Å². The number of allylic oxidation sites excluding steroid dienone is 1. The van der Waals surface area contributed by atoms with Gasteiger partial charge in [0.25, 0.3) is 0 Å². The molecule has 1 N–H and O–H groups in total. The van der Waals surface area contributed by atoms with Gasteiger partial charge in [-0.15, -0.1) is 16.4 Å². The number of hydrogen-bond donors (Lipinski definition) is 1. The molecular weight excluding hydrogens is 356 g/mol. The number of nitrogens with zero attached hydrogens (tertiary/aromatic N) is 3. The summed E-state index contributed by atoms with van der Waals surface area (Å²) in [5, 5.41) is 10.6. The summed E-state index contributed by atoms with van der Waals surface area (Å²) in [5.74, 6) is 1.31. The molecule has 0 fully saturated rings. The molecule has 0 spiro atoms. The van der Waals surface area contributed by atoms with E-state index < -0.39 is 0 Å². The molecule has 2 aromatic heterocycles. The fourth-order valence-electron chi connectivity index (χ4n) is 2.64. The third-order valence-electron chi connectivity index (χ3n) is 3.64. The van der Waals surface area contributed by atoms with Crippen molar-refractivity contribution in [3.05, 3.63) is 33.7 Å². The normalized spacial score (nSPS) is 16.8. The zero-order chi connectivity index (χ0) is 18.0. The Bertz CT molecular complexity index is 781. The SMILES string of the molecule is CCCSc1nc2n(n1)C(c1cccs1)C(C(=O)OC(C)C)=C(C)N2. The number of thioether (sulfide) groups is 1. The van der Waals surface area contributed by atoms with Crippen LogP contribution < -0.4 is 5.32 Å². The average Bonchev–Trinajstić information content (AvgIpc) is 3.19. The van der Waals surface area contributed by atoms with Gasteiger partial charge in [-0.2, -0.15) is 4.98 Å². The molecule has 134 valence electrons. The molecule has 1 aliphatic rings. The third-order valence-corrected chi connectivity index (χ3v) is 5.61. The maximum Gasteiger partial charge on any atom is 0.338 e. The topological polar surface area (TPSA) is 69.0 Å². The molecule has 1 atom stereocenters. The van der Waals surface area contributed by atoms with Gasteiger partial charge in [-0.05, 0) is 38.6 Å². The summed E-state index contributed by atoms with van der Waals surface area (Å²) < 4.78 is 7.28. The van der Waals surface area contributed by atoms with E-state index in [9.17, 15) is 4.79 Å². The Labute approximate surface area is 155 Å². The fourth-order valence-corrected chi connectivity index (χ4v) is 4.14. The van der Waals surface area contributed by atoms with E-state index in [1.165, 1.54) is 0 Å². The van der Waals surface area contributed by atoms with E-state index >= 15 is 0 Å². The van der Waals surface area contributed by atoms with Gasteiger partial charge in [-0.25, -0.2) is 9.48 Å². The summed E-state index contributed by atoms with van der Waals surface area (Å²) in [6.07, 6.45) is 0.879. The Morgan fingerprint density at radius 2 is 2.32 bits per heavy atom. The predicted molar refractivity (Wildman–Crippen MR) is 101 cm³/mol. The number of fused-ring (bicyclic) bond motifs is 1. The number of esters is 1. The van der Waals surface area contributed by atoms with Crippen molar-refractivity contribution in [1.82, 2.24) is 14.8 Å². The molecule has 8 heteroatoms. The zero-order valence-electron chi connectivity index (χ0n) is 14.8. The van der Waals surface area contributed by atoms with Crippen LogP contribution in [0.15, 0.2) is 33.9 Å². The van der Waals surface area contributed by atoms with E-state index in [0.29, 0.717) is 11.5 Å². The van der Waals surface area contributed by atoms with E-state index in [1.807, 2.05) is 38.3 Å². The molecule has 0 radical (unpaired) electrons. The minimum Gasteiger partial charge on any atom is -0.459 e. The first-order valence-corrected chi connectivity index (χ1v) is 10.2. The van der Waals surface area contributed by atoms with E-state index in [-0.39, 0.29) is 18.1 Å². The molecule has 6 nitrogen and oxygen atoms in total. The number of aromatic nitrogens is 3. The van der Waals surface area contributed by atoms with Crippen LogP contribution >= 0.6 is 23.1 Å². The van der Waals surface area contributed by atoms with Gasteiger partial charge in [0.2, 0.25) is 11.1 Å². The lowest BCUT2D eigenvalue weighted by Gasteiger charge is -2.27. The number of nitrogens with one attached hydrogen (secondary N) is 1. The Hall–Kier alpha value is -1.80. The predicted octanol–water partition coefficient (Wildman–Crippen LogP) is 4.08. The first-order chi connectivity index (χ1) is 12.0. The van der Waals surface area contributed by atoms with Crippen LogP contribution in [-0.2, 0) is 9.53 Å². The molecule has 0 aliphatic carbocycles. The Morgan fingerprint density at radius 1 is 1.52 bits per heavy atom. The van der Waals surface area contributed by atoms with Crippen LogP contribution in [0.25, 0.3) is 0 Å². The minimum atomic E-state index is -0.317. The summed E-state index contributed by atoms with van der Waals surface area (Å²) in [5.41, 5.74) is 1.34. The lowest BCUT2D eigenvalue weighted by atomic mass is 10.0. The number of anilines is 1. The fraction of sp³-hybridized carbons (Fsp3) is 0.471. The standard InChI is InChI=1S/C17H22N4O2S2/c1-5-8-25-17-19-16-18-11(4)13(15(22)23-10(2)3)14(21(16)20-17)12-7-6-9-24-12/h6-7,9-10,14H,5,8H2,1-4H3,(H,18,19,20). The van der Waals surface area contributed by atoms with Crippen molar-refractivity contribution in [1.29, 1.82) is 0 Å². The molecule has 0 amide bonds. The summed E-state index contributed by atoms with van der Waals surface area (Å²) in [4.78, 5) is 18.3. The van der Waals surface area contributed by atoms with Gasteiger partial charge in [0.1, 0.15) is 6.04 Å². The van der Waals surface area contributed by atoms with Gasteiger partial charge >= 0.3 is 5.97 Å². The smallest absolute Gasteiger partial charge is 0.338 e. The van der Waals surface area contributed by atoms with E-state index in [2.05, 4.69) is 22.3 Å². The van der Waals surface area contributed by atoms with E-state index in [4.69, 9.17) is 4.74 Å². The number of ether oxygens (including phenoxy) is 1. The largest absolute Gasteiger partial charge is 0.459 e. The second kappa shape index (κ2) is 7.61. The number of hydrogen-bond acceptors (Lipinski definition) is 7. The van der Waals surface area contributed by atoms with Gasteiger partial charge in [-0.1, -0.05) is 24.8 Å². The summed E-state index contributed by atoms with van der Waals surface area (Å²) >= 11 is 3.22. The highest BCUT2D eigenvalue weighted by atomic mass is 32.2. The first-order valence-electron chi connectivity index (χ1n) is 8.32. The monoisotopic (exact) mass is 378 g/mol. The van der Waals surface area contributed by atoms with Crippen LogP contribution in [0.1, 0.15) is 45.0 Å². The molecule has 0 saturated carbocycles. The second-order valence-corrected chi connectivity index (χ2v) is 8.09. The quantitative estimate of drug-likeness (QED) is 0.603. The lowest BCUT2D eigenvalue weighted by Crippen LogP contribution is -2.30.